The summed E-state index contributed by atoms with van der Waals surface area (Å²) < 4.78 is 13.9. The third kappa shape index (κ3) is 3.81. The van der Waals surface area contributed by atoms with Crippen molar-refractivity contribution in [2.24, 2.45) is 5.92 Å². The van der Waals surface area contributed by atoms with Crippen LogP contribution in [0.1, 0.15) is 35.6 Å². The standard InChI is InChI=1S/C20H21FN2O/c21-19-7-6-15(13-22)12-18(19)14-23-10-8-17(9-11-23)20(24)16-4-2-1-3-5-16/h1-7,12,17,20,24H,8-11,14H2/t20-/m0/s1. The van der Waals surface area contributed by atoms with E-state index in [1.54, 1.807) is 6.07 Å². The van der Waals surface area contributed by atoms with Crippen LogP contribution in [0.15, 0.2) is 48.5 Å². The summed E-state index contributed by atoms with van der Waals surface area (Å²) in [5.41, 5.74) is 2.01. The topological polar surface area (TPSA) is 47.3 Å². The Morgan fingerprint density at radius 1 is 1.17 bits per heavy atom. The van der Waals surface area contributed by atoms with E-state index in [1.165, 1.54) is 12.1 Å². The van der Waals surface area contributed by atoms with Crippen LogP contribution in [0.4, 0.5) is 4.39 Å². The van der Waals surface area contributed by atoms with Crippen molar-refractivity contribution in [1.82, 2.24) is 4.90 Å². The minimum absolute atomic E-state index is 0.235. The van der Waals surface area contributed by atoms with Crippen LogP contribution < -0.4 is 0 Å². The highest BCUT2D eigenvalue weighted by atomic mass is 19.1. The van der Waals surface area contributed by atoms with E-state index in [0.29, 0.717) is 17.7 Å². The van der Waals surface area contributed by atoms with Crippen LogP contribution in [-0.2, 0) is 6.54 Å². The van der Waals surface area contributed by atoms with Gasteiger partial charge >= 0.3 is 0 Å². The Balaban J connectivity index is 1.59. The maximum Gasteiger partial charge on any atom is 0.127 e. The summed E-state index contributed by atoms with van der Waals surface area (Å²) in [4.78, 5) is 2.19. The number of aliphatic hydroxyl groups excluding tert-OH is 1. The molecule has 4 heteroatoms. The molecule has 1 saturated heterocycles. The molecule has 0 saturated carbocycles. The molecule has 3 nitrogen and oxygen atoms in total. The molecule has 1 aliphatic rings. The van der Waals surface area contributed by atoms with Gasteiger partial charge in [-0.1, -0.05) is 30.3 Å². The average molecular weight is 324 g/mol. The Bertz CT molecular complexity index is 718. The number of nitriles is 1. The van der Waals surface area contributed by atoms with Gasteiger partial charge in [-0.2, -0.15) is 5.26 Å². The first-order chi connectivity index (χ1) is 11.7. The van der Waals surface area contributed by atoms with E-state index in [9.17, 15) is 9.50 Å². The monoisotopic (exact) mass is 324 g/mol. The summed E-state index contributed by atoms with van der Waals surface area (Å²) in [6, 6.07) is 16.3. The van der Waals surface area contributed by atoms with Crippen LogP contribution in [0.3, 0.4) is 0 Å². The fourth-order valence-corrected chi connectivity index (χ4v) is 3.36. The Kier molecular flexibility index (Phi) is 5.24. The van der Waals surface area contributed by atoms with Crippen molar-refractivity contribution in [3.05, 3.63) is 71.0 Å². The molecule has 124 valence electrons. The molecule has 0 aromatic heterocycles. The van der Waals surface area contributed by atoms with Gasteiger partial charge in [0.15, 0.2) is 0 Å². The molecule has 3 rings (SSSR count). The highest BCUT2D eigenvalue weighted by molar-refractivity contribution is 5.33. The molecule has 1 aliphatic heterocycles. The third-order valence-electron chi connectivity index (χ3n) is 4.79. The highest BCUT2D eigenvalue weighted by Crippen LogP contribution is 2.31. The van der Waals surface area contributed by atoms with E-state index in [0.717, 1.165) is 31.5 Å². The molecule has 2 aromatic rings. The van der Waals surface area contributed by atoms with Crippen molar-refractivity contribution in [3.8, 4) is 6.07 Å². The van der Waals surface area contributed by atoms with E-state index in [4.69, 9.17) is 5.26 Å². The summed E-state index contributed by atoms with van der Waals surface area (Å²) in [6.45, 7) is 2.16. The number of nitrogens with zero attached hydrogens (tertiary/aromatic N) is 2. The molecular formula is C20H21FN2O. The van der Waals surface area contributed by atoms with E-state index in [1.807, 2.05) is 30.3 Å². The zero-order valence-electron chi connectivity index (χ0n) is 13.5. The quantitative estimate of drug-likeness (QED) is 0.934. The molecule has 1 atom stereocenters. The highest BCUT2D eigenvalue weighted by Gasteiger charge is 2.26. The first-order valence-electron chi connectivity index (χ1n) is 8.31. The van der Waals surface area contributed by atoms with Crippen molar-refractivity contribution in [2.75, 3.05) is 13.1 Å². The van der Waals surface area contributed by atoms with Gasteiger partial charge in [0, 0.05) is 12.1 Å². The lowest BCUT2D eigenvalue weighted by atomic mass is 9.87. The van der Waals surface area contributed by atoms with E-state index in [2.05, 4.69) is 11.0 Å². The zero-order chi connectivity index (χ0) is 16.9. The summed E-state index contributed by atoms with van der Waals surface area (Å²) in [6.07, 6.45) is 1.33. The molecule has 0 bridgehead atoms. The van der Waals surface area contributed by atoms with Gasteiger partial charge in [0.2, 0.25) is 0 Å². The largest absolute Gasteiger partial charge is 0.388 e. The second-order valence-electron chi connectivity index (χ2n) is 6.39. The second-order valence-corrected chi connectivity index (χ2v) is 6.39. The molecule has 0 amide bonds. The van der Waals surface area contributed by atoms with Crippen LogP contribution in [0.5, 0.6) is 0 Å². The van der Waals surface area contributed by atoms with Crippen molar-refractivity contribution >= 4 is 0 Å². The first-order valence-corrected chi connectivity index (χ1v) is 8.31. The number of likely N-dealkylation sites (tertiary alicyclic amines) is 1. The molecule has 24 heavy (non-hydrogen) atoms. The third-order valence-corrected chi connectivity index (χ3v) is 4.79. The Morgan fingerprint density at radius 3 is 2.54 bits per heavy atom. The average Bonchev–Trinajstić information content (AvgIpc) is 2.64. The number of hydrogen-bond donors (Lipinski definition) is 1. The smallest absolute Gasteiger partial charge is 0.127 e. The number of halogens is 1. The van der Waals surface area contributed by atoms with Crippen LogP contribution in [0.25, 0.3) is 0 Å². The van der Waals surface area contributed by atoms with Crippen LogP contribution in [-0.4, -0.2) is 23.1 Å². The number of piperidine rings is 1. The van der Waals surface area contributed by atoms with Gasteiger partial charge in [-0.3, -0.25) is 4.90 Å². The lowest BCUT2D eigenvalue weighted by Crippen LogP contribution is -2.35. The van der Waals surface area contributed by atoms with Gasteiger partial charge in [0.05, 0.1) is 17.7 Å². The summed E-state index contributed by atoms with van der Waals surface area (Å²) in [5.74, 6) is -0.0283. The predicted octanol–water partition coefficient (Wildman–Crippen LogP) is 3.64. The molecule has 1 fully saturated rings. The van der Waals surface area contributed by atoms with Gasteiger partial charge < -0.3 is 5.11 Å². The number of hydrogen-bond acceptors (Lipinski definition) is 3. The maximum absolute atomic E-state index is 13.9. The molecule has 0 unspecified atom stereocenters. The fourth-order valence-electron chi connectivity index (χ4n) is 3.36. The summed E-state index contributed by atoms with van der Waals surface area (Å²) >= 11 is 0. The van der Waals surface area contributed by atoms with Crippen LogP contribution >= 0.6 is 0 Å². The molecule has 1 heterocycles. The maximum atomic E-state index is 13.9. The molecule has 0 radical (unpaired) electrons. The molecule has 0 aliphatic carbocycles. The molecule has 0 spiro atoms. The van der Waals surface area contributed by atoms with Crippen LogP contribution in [0.2, 0.25) is 0 Å². The summed E-state index contributed by atoms with van der Waals surface area (Å²) in [5, 5.41) is 19.5. The predicted molar refractivity (Wildman–Crippen MR) is 90.5 cm³/mol. The summed E-state index contributed by atoms with van der Waals surface area (Å²) in [7, 11) is 0. The van der Waals surface area contributed by atoms with Gasteiger partial charge in [-0.15, -0.1) is 0 Å². The van der Waals surface area contributed by atoms with E-state index in [-0.39, 0.29) is 11.7 Å². The minimum Gasteiger partial charge on any atom is -0.388 e. The van der Waals surface area contributed by atoms with Crippen molar-refractivity contribution in [3.63, 3.8) is 0 Å². The van der Waals surface area contributed by atoms with Crippen molar-refractivity contribution < 1.29 is 9.50 Å². The zero-order valence-corrected chi connectivity index (χ0v) is 13.5. The normalized spacial score (nSPS) is 17.4. The fraction of sp³-hybridized carbons (Fsp3) is 0.350. The van der Waals surface area contributed by atoms with Crippen molar-refractivity contribution in [1.29, 1.82) is 5.26 Å². The van der Waals surface area contributed by atoms with E-state index >= 15 is 0 Å². The molecule has 1 N–H and O–H groups in total. The lowest BCUT2D eigenvalue weighted by Gasteiger charge is -2.34. The Labute approximate surface area is 142 Å². The van der Waals surface area contributed by atoms with Gasteiger partial charge in [0.25, 0.3) is 0 Å². The van der Waals surface area contributed by atoms with Crippen LogP contribution in [0, 0.1) is 23.1 Å². The number of benzene rings is 2. The van der Waals surface area contributed by atoms with Crippen molar-refractivity contribution in [2.45, 2.75) is 25.5 Å². The first kappa shape index (κ1) is 16.6. The van der Waals surface area contributed by atoms with Gasteiger partial charge in [-0.05, 0) is 55.6 Å². The lowest BCUT2D eigenvalue weighted by molar-refractivity contribution is 0.0565. The Morgan fingerprint density at radius 2 is 1.88 bits per heavy atom. The SMILES string of the molecule is N#Cc1ccc(F)c(CN2CCC([C@@H](O)c3ccccc3)CC2)c1. The van der Waals surface area contributed by atoms with Gasteiger partial charge in [-0.25, -0.2) is 4.39 Å². The Hall–Kier alpha value is -2.22. The molecule has 2 aromatic carbocycles. The van der Waals surface area contributed by atoms with Gasteiger partial charge in [0.1, 0.15) is 5.82 Å². The minimum atomic E-state index is -0.438. The molecular weight excluding hydrogens is 303 g/mol. The number of aliphatic hydroxyl groups is 1. The second kappa shape index (κ2) is 7.57. The van der Waals surface area contributed by atoms with E-state index < -0.39 is 6.10 Å². The number of rotatable bonds is 4.